The zero-order valence-electron chi connectivity index (χ0n) is 18.1. The van der Waals surface area contributed by atoms with Crippen LogP contribution in [0.2, 0.25) is 0 Å². The topological polar surface area (TPSA) is 34.1 Å². The van der Waals surface area contributed by atoms with Gasteiger partial charge in [-0.15, -0.1) is 0 Å². The van der Waals surface area contributed by atoms with Crippen LogP contribution in [0.15, 0.2) is 114 Å². The molecule has 2 nitrogen and oxygen atoms in total. The molecule has 2 unspecified atom stereocenters. The van der Waals surface area contributed by atoms with E-state index in [2.05, 4.69) is 31.9 Å². The number of carbonyl (C=O) groups excluding carboxylic acids is 1. The summed E-state index contributed by atoms with van der Waals surface area (Å²) in [5.41, 5.74) is 3.76. The highest BCUT2D eigenvalue weighted by atomic mass is 79.9. The van der Waals surface area contributed by atoms with Gasteiger partial charge in [-0.25, -0.2) is 0 Å². The largest absolute Gasteiger partial charge is 0.289 e. The van der Waals surface area contributed by atoms with Gasteiger partial charge in [0, 0.05) is 21.9 Å². The highest BCUT2D eigenvalue weighted by molar-refractivity contribution is 9.12. The Morgan fingerprint density at radius 2 is 0.853 bits per heavy atom. The van der Waals surface area contributed by atoms with Crippen molar-refractivity contribution in [2.45, 2.75) is 9.65 Å². The lowest BCUT2D eigenvalue weighted by molar-refractivity contribution is 0.103. The molecule has 6 rings (SSSR count). The van der Waals surface area contributed by atoms with Crippen LogP contribution in [0.5, 0.6) is 0 Å². The maximum atomic E-state index is 12.6. The van der Waals surface area contributed by atoms with E-state index in [1.807, 2.05) is 109 Å². The van der Waals surface area contributed by atoms with Gasteiger partial charge in [-0.3, -0.25) is 9.59 Å². The molecule has 4 heteroatoms. The lowest BCUT2D eigenvalue weighted by atomic mass is 9.99. The van der Waals surface area contributed by atoms with Gasteiger partial charge in [-0.05, 0) is 21.9 Å². The van der Waals surface area contributed by atoms with Crippen molar-refractivity contribution in [3.05, 3.63) is 142 Å². The Hall–Kier alpha value is -3.08. The van der Waals surface area contributed by atoms with Gasteiger partial charge in [0.15, 0.2) is 11.2 Å². The predicted molar refractivity (Wildman–Crippen MR) is 147 cm³/mol. The smallest absolute Gasteiger partial charge is 0.194 e. The van der Waals surface area contributed by atoms with Crippen LogP contribution in [0.1, 0.15) is 36.7 Å². The normalized spacial score (nSPS) is 16.7. The number of benzene rings is 4. The minimum absolute atomic E-state index is 0.0984. The van der Waals surface area contributed by atoms with Crippen molar-refractivity contribution >= 4 is 59.2 Å². The van der Waals surface area contributed by atoms with Crippen molar-refractivity contribution in [3.8, 4) is 0 Å². The van der Waals surface area contributed by atoms with Crippen LogP contribution in [-0.2, 0) is 0 Å². The fourth-order valence-electron chi connectivity index (χ4n) is 4.37. The minimum atomic E-state index is 0.0984. The van der Waals surface area contributed by atoms with Crippen LogP contribution in [-0.4, -0.2) is 5.78 Å². The Balaban J connectivity index is 0.000000142. The summed E-state index contributed by atoms with van der Waals surface area (Å²) in [4.78, 5) is 25.1. The molecule has 34 heavy (non-hydrogen) atoms. The average Bonchev–Trinajstić information content (AvgIpc) is 3.09. The van der Waals surface area contributed by atoms with Crippen LogP contribution >= 0.6 is 31.9 Å². The second-order valence-electron chi connectivity index (χ2n) is 8.14. The van der Waals surface area contributed by atoms with Gasteiger partial charge >= 0.3 is 0 Å². The first kappa shape index (κ1) is 22.7. The number of rotatable bonds is 0. The van der Waals surface area contributed by atoms with Crippen molar-refractivity contribution in [2.24, 2.45) is 0 Å². The van der Waals surface area contributed by atoms with Gasteiger partial charge in [-0.1, -0.05) is 141 Å². The summed E-state index contributed by atoms with van der Waals surface area (Å²) in [5, 5.41) is 3.54. The molecule has 0 spiro atoms. The number of fused-ring (bicyclic) bond motifs is 4. The van der Waals surface area contributed by atoms with E-state index < -0.39 is 0 Å². The SMILES string of the molecule is O=C1c2ccccc2C(Br)C(Br)c2ccccc21.O=c1c2ccccc2ccc2ccccc12. The number of ketones is 1. The summed E-state index contributed by atoms with van der Waals surface area (Å²) in [7, 11) is 0. The average molecular weight is 572 g/mol. The molecule has 166 valence electrons. The molecule has 0 saturated heterocycles. The van der Waals surface area contributed by atoms with E-state index in [9.17, 15) is 9.59 Å². The van der Waals surface area contributed by atoms with Gasteiger partial charge in [0.25, 0.3) is 0 Å². The summed E-state index contributed by atoms with van der Waals surface area (Å²) in [6.45, 7) is 0. The molecular formula is C30H20Br2O2. The Bertz CT molecular complexity index is 1480. The van der Waals surface area contributed by atoms with Crippen molar-refractivity contribution < 1.29 is 4.79 Å². The molecule has 0 aromatic heterocycles. The molecule has 0 saturated carbocycles. The zero-order chi connectivity index (χ0) is 23.7. The molecule has 1 aliphatic rings. The van der Waals surface area contributed by atoms with Crippen LogP contribution < -0.4 is 5.43 Å². The minimum Gasteiger partial charge on any atom is -0.289 e. The van der Waals surface area contributed by atoms with Crippen LogP contribution in [0.4, 0.5) is 0 Å². The molecule has 0 fully saturated rings. The first-order valence-electron chi connectivity index (χ1n) is 11.0. The third-order valence-electron chi connectivity index (χ3n) is 6.12. The molecule has 0 bridgehead atoms. The van der Waals surface area contributed by atoms with Gasteiger partial charge in [0.05, 0.1) is 9.65 Å². The van der Waals surface area contributed by atoms with E-state index in [4.69, 9.17) is 0 Å². The zero-order valence-corrected chi connectivity index (χ0v) is 21.3. The lowest BCUT2D eigenvalue weighted by Gasteiger charge is -2.16. The summed E-state index contributed by atoms with van der Waals surface area (Å²) < 4.78 is 0. The molecule has 0 aliphatic heterocycles. The van der Waals surface area contributed by atoms with Gasteiger partial charge in [-0.2, -0.15) is 0 Å². The Morgan fingerprint density at radius 3 is 1.32 bits per heavy atom. The number of halogens is 2. The molecule has 5 aromatic rings. The van der Waals surface area contributed by atoms with E-state index in [0.29, 0.717) is 0 Å². The van der Waals surface area contributed by atoms with E-state index in [-0.39, 0.29) is 20.9 Å². The van der Waals surface area contributed by atoms with Gasteiger partial charge < -0.3 is 0 Å². The molecule has 0 amide bonds. The van der Waals surface area contributed by atoms with E-state index in [1.54, 1.807) is 0 Å². The molecule has 2 atom stereocenters. The predicted octanol–water partition coefficient (Wildman–Crippen LogP) is 8.16. The first-order chi connectivity index (χ1) is 16.6. The summed E-state index contributed by atoms with van der Waals surface area (Å²) in [6.07, 6.45) is 0. The molecule has 0 radical (unpaired) electrons. The van der Waals surface area contributed by atoms with Crippen LogP contribution in [0, 0.1) is 0 Å². The Kier molecular flexibility index (Phi) is 6.44. The van der Waals surface area contributed by atoms with Crippen molar-refractivity contribution in [3.63, 3.8) is 0 Å². The third-order valence-corrected chi connectivity index (χ3v) is 8.87. The highest BCUT2D eigenvalue weighted by Gasteiger charge is 2.31. The van der Waals surface area contributed by atoms with E-state index in [1.165, 1.54) is 0 Å². The molecular weight excluding hydrogens is 552 g/mol. The molecule has 1 aliphatic carbocycles. The second-order valence-corrected chi connectivity index (χ2v) is 10.1. The number of hydrogen-bond donors (Lipinski definition) is 0. The van der Waals surface area contributed by atoms with Crippen LogP contribution in [0.25, 0.3) is 21.5 Å². The van der Waals surface area contributed by atoms with E-state index in [0.717, 1.165) is 43.8 Å². The van der Waals surface area contributed by atoms with Gasteiger partial charge in [0.2, 0.25) is 0 Å². The number of hydrogen-bond acceptors (Lipinski definition) is 2. The number of carbonyl (C=O) groups is 1. The Morgan fingerprint density at radius 1 is 0.471 bits per heavy atom. The summed E-state index contributed by atoms with van der Waals surface area (Å²) >= 11 is 7.40. The summed E-state index contributed by atoms with van der Waals surface area (Å²) in [6, 6.07) is 35.0. The second kappa shape index (κ2) is 9.65. The third kappa shape index (κ3) is 4.13. The maximum absolute atomic E-state index is 12.6. The quantitative estimate of drug-likeness (QED) is 0.176. The van der Waals surface area contributed by atoms with Crippen molar-refractivity contribution in [1.82, 2.24) is 0 Å². The molecule has 5 aromatic carbocycles. The fraction of sp³-hybridized carbons (Fsp3) is 0.0667. The molecule has 0 heterocycles. The van der Waals surface area contributed by atoms with Crippen molar-refractivity contribution in [1.29, 1.82) is 0 Å². The Labute approximate surface area is 214 Å². The first-order valence-corrected chi connectivity index (χ1v) is 12.8. The standard InChI is InChI=1S/C15H10Br2O.C15H10O/c16-13-9-5-1-3-7-11(9)15(18)12-8-4-2-6-10(12)14(13)17;16-15-13-7-3-1-5-11(13)9-10-12-6-2-4-8-14(12)15/h1-8,13-14H;1-10H. The lowest BCUT2D eigenvalue weighted by Crippen LogP contribution is -2.03. The van der Waals surface area contributed by atoms with Crippen molar-refractivity contribution in [2.75, 3.05) is 0 Å². The molecule has 0 N–H and O–H groups in total. The highest BCUT2D eigenvalue weighted by Crippen LogP contribution is 2.47. The number of alkyl halides is 2. The van der Waals surface area contributed by atoms with Crippen LogP contribution in [0.3, 0.4) is 0 Å². The fourth-order valence-corrected chi connectivity index (χ4v) is 5.74. The summed E-state index contributed by atoms with van der Waals surface area (Å²) in [5.74, 6) is 0.104. The van der Waals surface area contributed by atoms with E-state index >= 15 is 0 Å². The maximum Gasteiger partial charge on any atom is 0.194 e. The van der Waals surface area contributed by atoms with Gasteiger partial charge in [0.1, 0.15) is 0 Å². The monoisotopic (exact) mass is 570 g/mol.